The minimum absolute atomic E-state index is 0.109. The molecular formula is C22H18F3N5O2S. The Morgan fingerprint density at radius 2 is 1.79 bits per heavy atom. The summed E-state index contributed by atoms with van der Waals surface area (Å²) < 4.78 is 45.2. The van der Waals surface area contributed by atoms with Gasteiger partial charge in [-0.1, -0.05) is 0 Å². The Labute approximate surface area is 191 Å². The van der Waals surface area contributed by atoms with Crippen LogP contribution in [0.4, 0.5) is 30.6 Å². The van der Waals surface area contributed by atoms with Gasteiger partial charge in [0.25, 0.3) is 0 Å². The van der Waals surface area contributed by atoms with Crippen LogP contribution in [0.2, 0.25) is 0 Å². The number of hydrogen-bond acceptors (Lipinski definition) is 6. The Kier molecular flexibility index (Phi) is 6.14. The summed E-state index contributed by atoms with van der Waals surface area (Å²) in [6.07, 6.45) is 1.53. The van der Waals surface area contributed by atoms with Crippen LogP contribution >= 0.6 is 11.8 Å². The minimum Gasteiger partial charge on any atom is -0.457 e. The Balaban J connectivity index is 1.52. The number of alkyl halides is 3. The molecule has 0 spiro atoms. The van der Waals surface area contributed by atoms with Gasteiger partial charge >= 0.3 is 5.51 Å². The first-order valence-corrected chi connectivity index (χ1v) is 10.5. The van der Waals surface area contributed by atoms with E-state index >= 15 is 0 Å². The van der Waals surface area contributed by atoms with Crippen molar-refractivity contribution in [3.05, 3.63) is 60.8 Å². The number of amides is 1. The molecule has 0 aliphatic carbocycles. The molecule has 170 valence electrons. The number of halogens is 3. The smallest absolute Gasteiger partial charge is 0.446 e. The van der Waals surface area contributed by atoms with Gasteiger partial charge in [0, 0.05) is 42.9 Å². The van der Waals surface area contributed by atoms with Crippen LogP contribution in [-0.4, -0.2) is 26.0 Å². The number of aryl methyl sites for hydroxylation is 1. The number of rotatable bonds is 6. The van der Waals surface area contributed by atoms with Gasteiger partial charge < -0.3 is 19.9 Å². The van der Waals surface area contributed by atoms with Gasteiger partial charge in [-0.05, 0) is 54.2 Å². The summed E-state index contributed by atoms with van der Waals surface area (Å²) in [5.41, 5.74) is -2.22. The molecule has 0 unspecified atom stereocenters. The molecule has 0 radical (unpaired) electrons. The Hall–Kier alpha value is -3.73. The van der Waals surface area contributed by atoms with Crippen LogP contribution < -0.4 is 15.4 Å². The molecule has 11 heteroatoms. The number of nitrogens with one attached hydrogen (secondary N) is 2. The fourth-order valence-corrected chi connectivity index (χ4v) is 3.62. The average molecular weight is 473 g/mol. The van der Waals surface area contributed by atoms with Crippen LogP contribution in [0.15, 0.2) is 65.7 Å². The number of nitrogens with zero attached hydrogens (tertiary/aromatic N) is 3. The molecule has 0 saturated carbocycles. The number of thioether (sulfide) groups is 1. The molecule has 4 aromatic rings. The van der Waals surface area contributed by atoms with Crippen molar-refractivity contribution in [2.75, 3.05) is 10.6 Å². The number of carbonyl (C=O) groups excluding carboxylic acids is 1. The molecule has 0 atom stereocenters. The van der Waals surface area contributed by atoms with Crippen molar-refractivity contribution in [2.24, 2.45) is 7.05 Å². The lowest BCUT2D eigenvalue weighted by molar-refractivity contribution is -0.114. The minimum atomic E-state index is -4.33. The molecule has 0 fully saturated rings. The number of hydrogen-bond donors (Lipinski definition) is 2. The van der Waals surface area contributed by atoms with E-state index in [9.17, 15) is 18.0 Å². The predicted molar refractivity (Wildman–Crippen MR) is 121 cm³/mol. The number of imidazole rings is 1. The number of ether oxygens (including phenoxy) is 1. The van der Waals surface area contributed by atoms with E-state index in [-0.39, 0.29) is 22.6 Å². The first-order valence-electron chi connectivity index (χ1n) is 9.67. The largest absolute Gasteiger partial charge is 0.457 e. The SMILES string of the molecule is CC(=O)Nc1cc(Oc2ccc3c(c2)nc(Nc2ccc(SC(F)(F)F)cc2)n3C)ccn1. The topological polar surface area (TPSA) is 81.1 Å². The Morgan fingerprint density at radius 1 is 1.06 bits per heavy atom. The molecule has 1 amide bonds. The monoisotopic (exact) mass is 473 g/mol. The highest BCUT2D eigenvalue weighted by Crippen LogP contribution is 2.37. The van der Waals surface area contributed by atoms with Gasteiger partial charge in [0.05, 0.1) is 11.0 Å². The summed E-state index contributed by atoms with van der Waals surface area (Å²) in [6, 6.07) is 14.6. The van der Waals surface area contributed by atoms with E-state index in [0.717, 1.165) is 5.52 Å². The molecular weight excluding hydrogens is 455 g/mol. The van der Waals surface area contributed by atoms with Crippen molar-refractivity contribution in [1.82, 2.24) is 14.5 Å². The van der Waals surface area contributed by atoms with Crippen LogP contribution in [0.25, 0.3) is 11.0 Å². The Bertz CT molecular complexity index is 1310. The van der Waals surface area contributed by atoms with E-state index < -0.39 is 5.51 Å². The van der Waals surface area contributed by atoms with Crippen LogP contribution in [0, 0.1) is 0 Å². The third-order valence-electron chi connectivity index (χ3n) is 4.47. The average Bonchev–Trinajstić information content (AvgIpc) is 3.03. The van der Waals surface area contributed by atoms with Gasteiger partial charge in [-0.25, -0.2) is 9.97 Å². The van der Waals surface area contributed by atoms with E-state index in [1.165, 1.54) is 25.3 Å². The highest BCUT2D eigenvalue weighted by atomic mass is 32.2. The van der Waals surface area contributed by atoms with E-state index in [0.29, 0.717) is 34.5 Å². The van der Waals surface area contributed by atoms with Crippen LogP contribution in [0.3, 0.4) is 0 Å². The molecule has 2 N–H and O–H groups in total. The first-order chi connectivity index (χ1) is 15.7. The number of pyridine rings is 1. The lowest BCUT2D eigenvalue weighted by Gasteiger charge is -2.08. The van der Waals surface area contributed by atoms with Gasteiger partial charge in [-0.2, -0.15) is 13.2 Å². The number of anilines is 3. The zero-order valence-corrected chi connectivity index (χ0v) is 18.3. The van der Waals surface area contributed by atoms with Gasteiger partial charge in [-0.15, -0.1) is 0 Å². The van der Waals surface area contributed by atoms with Crippen LogP contribution in [0.1, 0.15) is 6.92 Å². The summed E-state index contributed by atoms with van der Waals surface area (Å²) >= 11 is -0.158. The fourth-order valence-electron chi connectivity index (χ4n) is 3.08. The molecule has 0 saturated heterocycles. The van der Waals surface area contributed by atoms with Crippen molar-refractivity contribution in [3.8, 4) is 11.5 Å². The predicted octanol–water partition coefficient (Wildman–Crippen LogP) is 6.07. The van der Waals surface area contributed by atoms with Crippen molar-refractivity contribution in [2.45, 2.75) is 17.3 Å². The summed E-state index contributed by atoms with van der Waals surface area (Å²) in [5, 5.41) is 5.72. The van der Waals surface area contributed by atoms with Gasteiger partial charge in [-0.3, -0.25) is 4.79 Å². The van der Waals surface area contributed by atoms with Gasteiger partial charge in [0.15, 0.2) is 0 Å². The maximum Gasteiger partial charge on any atom is 0.446 e. The summed E-state index contributed by atoms with van der Waals surface area (Å²) in [5.74, 6) is 1.71. The van der Waals surface area contributed by atoms with Crippen molar-refractivity contribution >= 4 is 46.2 Å². The Morgan fingerprint density at radius 3 is 2.48 bits per heavy atom. The maximum atomic E-state index is 12.5. The summed E-state index contributed by atoms with van der Waals surface area (Å²) in [4.78, 5) is 19.9. The summed E-state index contributed by atoms with van der Waals surface area (Å²) in [6.45, 7) is 1.39. The van der Waals surface area contributed by atoms with E-state index in [4.69, 9.17) is 4.74 Å². The van der Waals surface area contributed by atoms with Crippen LogP contribution in [0.5, 0.6) is 11.5 Å². The summed E-state index contributed by atoms with van der Waals surface area (Å²) in [7, 11) is 1.83. The normalized spacial score (nSPS) is 11.4. The molecule has 2 aromatic heterocycles. The molecule has 2 aromatic carbocycles. The maximum absolute atomic E-state index is 12.5. The molecule has 0 aliphatic rings. The zero-order chi connectivity index (χ0) is 23.6. The zero-order valence-electron chi connectivity index (χ0n) is 17.5. The number of aromatic nitrogens is 3. The molecule has 7 nitrogen and oxygen atoms in total. The van der Waals surface area contributed by atoms with E-state index in [2.05, 4.69) is 20.6 Å². The fraction of sp³-hybridized carbons (Fsp3) is 0.136. The third-order valence-corrected chi connectivity index (χ3v) is 5.21. The highest BCUT2D eigenvalue weighted by molar-refractivity contribution is 8.00. The van der Waals surface area contributed by atoms with Gasteiger partial charge in [0.2, 0.25) is 11.9 Å². The second kappa shape index (κ2) is 9.02. The molecule has 0 bridgehead atoms. The molecule has 33 heavy (non-hydrogen) atoms. The van der Waals surface area contributed by atoms with E-state index in [1.807, 2.05) is 17.7 Å². The first kappa shape index (κ1) is 22.5. The van der Waals surface area contributed by atoms with E-state index in [1.54, 1.807) is 36.4 Å². The van der Waals surface area contributed by atoms with Crippen molar-refractivity contribution in [1.29, 1.82) is 0 Å². The van der Waals surface area contributed by atoms with Crippen LogP contribution in [-0.2, 0) is 11.8 Å². The molecule has 0 aliphatic heterocycles. The third kappa shape index (κ3) is 5.75. The standard InChI is InChI=1S/C22H18F3N5O2S/c1-13(31)27-20-12-16(9-10-26-20)32-15-5-8-19-18(11-15)29-21(30(19)2)28-14-3-6-17(7-4-14)33-22(23,24)25/h3-12H,1-2H3,(H,28,29)(H,26,27,31). The second-order valence-electron chi connectivity index (χ2n) is 7.00. The van der Waals surface area contributed by atoms with Gasteiger partial charge in [0.1, 0.15) is 17.3 Å². The second-order valence-corrected chi connectivity index (χ2v) is 8.14. The van der Waals surface area contributed by atoms with Crippen molar-refractivity contribution < 1.29 is 22.7 Å². The molecule has 4 rings (SSSR count). The lowest BCUT2D eigenvalue weighted by atomic mass is 10.3. The highest BCUT2D eigenvalue weighted by Gasteiger charge is 2.29. The number of fused-ring (bicyclic) bond motifs is 1. The number of carbonyl (C=O) groups is 1. The van der Waals surface area contributed by atoms with Crippen molar-refractivity contribution in [3.63, 3.8) is 0 Å². The quantitative estimate of drug-likeness (QED) is 0.331. The molecule has 2 heterocycles. The lowest BCUT2D eigenvalue weighted by Crippen LogP contribution is -2.07. The number of benzene rings is 2.